The molecule has 5 rings (SSSR count). The van der Waals surface area contributed by atoms with Crippen LogP contribution in [0.5, 0.6) is 5.75 Å². The number of carbonyl (C=O) groups is 4. The van der Waals surface area contributed by atoms with Gasteiger partial charge in [0.1, 0.15) is 22.0 Å². The molecule has 3 aromatic rings. The van der Waals surface area contributed by atoms with Crippen LogP contribution in [0, 0.1) is 17.6 Å². The van der Waals surface area contributed by atoms with E-state index < -0.39 is 80.6 Å². The predicted octanol–water partition coefficient (Wildman–Crippen LogP) is 8.23. The Morgan fingerprint density at radius 3 is 2.28 bits per heavy atom. The van der Waals surface area contributed by atoms with Gasteiger partial charge in [0.25, 0.3) is 0 Å². The number of esters is 2. The maximum atomic E-state index is 16.4. The molecule has 0 radical (unpaired) electrons. The van der Waals surface area contributed by atoms with Crippen LogP contribution in [-0.2, 0) is 39.6 Å². The van der Waals surface area contributed by atoms with Crippen LogP contribution in [-0.4, -0.2) is 97.2 Å². The zero-order valence-electron chi connectivity index (χ0n) is 35.7. The van der Waals surface area contributed by atoms with Gasteiger partial charge in [-0.1, -0.05) is 29.8 Å². The molecule has 2 amide bonds. The number of benzene rings is 2. The monoisotopic (exact) mass is 910 g/mol. The third kappa shape index (κ3) is 11.9. The van der Waals surface area contributed by atoms with Crippen molar-refractivity contribution in [1.29, 1.82) is 0 Å². The second-order valence-corrected chi connectivity index (χ2v) is 20.8. The smallest absolute Gasteiger partial charge is 0.410 e. The Balaban J connectivity index is 1.26. The molecule has 0 saturated carbocycles. The molecule has 0 spiro atoms. The summed E-state index contributed by atoms with van der Waals surface area (Å²) in [5, 5.41) is 5.67. The molecule has 19 heteroatoms. The molecular formula is C42H53ClF2N4O10S2. The van der Waals surface area contributed by atoms with Crippen molar-refractivity contribution in [3.63, 3.8) is 0 Å². The molecule has 334 valence electrons. The number of piperidine rings is 1. The first kappa shape index (κ1) is 47.5. The summed E-state index contributed by atoms with van der Waals surface area (Å²) >= 11 is 7.58. The van der Waals surface area contributed by atoms with E-state index in [0.29, 0.717) is 6.42 Å². The van der Waals surface area contributed by atoms with Crippen LogP contribution in [0.4, 0.5) is 25.0 Å². The second kappa shape index (κ2) is 18.4. The molecule has 2 aromatic carbocycles. The number of ether oxygens (including phenoxy) is 4. The number of sulfonamides is 1. The van der Waals surface area contributed by atoms with E-state index in [4.69, 9.17) is 30.5 Å². The summed E-state index contributed by atoms with van der Waals surface area (Å²) in [4.78, 5) is 52.0. The highest BCUT2D eigenvalue weighted by Gasteiger charge is 2.42. The molecule has 2 saturated heterocycles. The summed E-state index contributed by atoms with van der Waals surface area (Å²) in [5.41, 5.74) is -2.25. The topological polar surface area (TPSA) is 170 Å². The van der Waals surface area contributed by atoms with E-state index in [9.17, 15) is 32.0 Å². The van der Waals surface area contributed by atoms with Gasteiger partial charge < -0.3 is 34.5 Å². The van der Waals surface area contributed by atoms with Gasteiger partial charge in [-0.05, 0) is 98.9 Å². The minimum atomic E-state index is -3.98. The SMILES string of the molecule is CCOC(=O)COc1c(C(=O)OC(C)(C)C)sc(-c2cccc(N[C@H]3CCN(S(=O)(=O)Cc4ccc(F)c(NC(=O)C5CN(C(=O)OC(C)(C)C)C5)c4)C(C)(C)C3)c2F)c1Cl. The Kier molecular flexibility index (Phi) is 14.4. The number of halogens is 3. The molecule has 61 heavy (non-hydrogen) atoms. The normalized spacial score (nSPS) is 17.2. The number of carbonyl (C=O) groups excluding carboxylic acids is 4. The van der Waals surface area contributed by atoms with Crippen molar-refractivity contribution in [3.05, 3.63) is 63.5 Å². The fourth-order valence-electron chi connectivity index (χ4n) is 6.95. The van der Waals surface area contributed by atoms with Gasteiger partial charge >= 0.3 is 18.0 Å². The first-order valence-electron chi connectivity index (χ1n) is 19.8. The molecule has 0 aliphatic carbocycles. The molecule has 2 fully saturated rings. The molecule has 3 heterocycles. The minimum Gasteiger partial charge on any atom is -0.479 e. The summed E-state index contributed by atoms with van der Waals surface area (Å²) in [6.45, 7) is 15.3. The van der Waals surface area contributed by atoms with Crippen LogP contribution in [0.2, 0.25) is 5.02 Å². The largest absolute Gasteiger partial charge is 0.479 e. The Morgan fingerprint density at radius 2 is 1.66 bits per heavy atom. The Labute approximate surface area is 364 Å². The van der Waals surface area contributed by atoms with E-state index in [1.807, 2.05) is 0 Å². The number of nitrogens with zero attached hydrogens (tertiary/aromatic N) is 2. The van der Waals surface area contributed by atoms with Crippen molar-refractivity contribution >= 4 is 68.3 Å². The molecule has 0 bridgehead atoms. The lowest BCUT2D eigenvalue weighted by molar-refractivity contribution is -0.145. The molecule has 1 atom stereocenters. The molecule has 14 nitrogen and oxygen atoms in total. The molecule has 2 aliphatic rings. The summed E-state index contributed by atoms with van der Waals surface area (Å²) in [5.74, 6) is -4.58. The van der Waals surface area contributed by atoms with Gasteiger partial charge in [0.05, 0.1) is 34.5 Å². The first-order chi connectivity index (χ1) is 28.3. The lowest BCUT2D eigenvalue weighted by Gasteiger charge is -2.45. The number of hydrogen-bond donors (Lipinski definition) is 2. The van der Waals surface area contributed by atoms with Gasteiger partial charge in [-0.25, -0.2) is 31.6 Å². The minimum absolute atomic E-state index is 0.0559. The highest BCUT2D eigenvalue weighted by atomic mass is 35.5. The highest BCUT2D eigenvalue weighted by molar-refractivity contribution is 7.88. The zero-order chi connectivity index (χ0) is 45.2. The van der Waals surface area contributed by atoms with Crippen molar-refractivity contribution in [3.8, 4) is 16.2 Å². The van der Waals surface area contributed by atoms with Gasteiger partial charge in [-0.2, -0.15) is 4.31 Å². The van der Waals surface area contributed by atoms with Crippen molar-refractivity contribution in [2.75, 3.05) is 43.5 Å². The van der Waals surface area contributed by atoms with Crippen molar-refractivity contribution in [2.45, 2.75) is 104 Å². The van der Waals surface area contributed by atoms with E-state index >= 15 is 4.39 Å². The zero-order valence-corrected chi connectivity index (χ0v) is 38.1. The summed E-state index contributed by atoms with van der Waals surface area (Å²) in [6.07, 6.45) is 0.0507. The fourth-order valence-corrected chi connectivity index (χ4v) is 10.4. The van der Waals surface area contributed by atoms with Crippen molar-refractivity contribution in [2.24, 2.45) is 5.92 Å². The summed E-state index contributed by atoms with van der Waals surface area (Å²) < 4.78 is 81.9. The van der Waals surface area contributed by atoms with Crippen LogP contribution < -0.4 is 15.4 Å². The maximum absolute atomic E-state index is 16.4. The molecule has 0 unspecified atom stereocenters. The average Bonchev–Trinajstić information content (AvgIpc) is 3.42. The van der Waals surface area contributed by atoms with E-state index in [1.54, 1.807) is 68.4 Å². The van der Waals surface area contributed by atoms with Crippen LogP contribution in [0.25, 0.3) is 10.4 Å². The number of anilines is 2. The Bertz CT molecular complexity index is 2270. The quantitative estimate of drug-likeness (QED) is 0.125. The maximum Gasteiger partial charge on any atom is 0.410 e. The van der Waals surface area contributed by atoms with E-state index in [-0.39, 0.29) is 81.7 Å². The number of hydrogen-bond acceptors (Lipinski definition) is 12. The molecular weight excluding hydrogens is 858 g/mol. The lowest BCUT2D eigenvalue weighted by Crippen LogP contribution is -2.55. The van der Waals surface area contributed by atoms with Crippen LogP contribution in [0.3, 0.4) is 0 Å². The predicted molar refractivity (Wildman–Crippen MR) is 228 cm³/mol. The van der Waals surface area contributed by atoms with Gasteiger partial charge in [0.2, 0.25) is 15.9 Å². The van der Waals surface area contributed by atoms with Crippen molar-refractivity contribution in [1.82, 2.24) is 9.21 Å². The van der Waals surface area contributed by atoms with Gasteiger partial charge in [-0.15, -0.1) is 11.3 Å². The van der Waals surface area contributed by atoms with E-state index in [1.165, 1.54) is 33.5 Å². The Hall–Kier alpha value is -4.52. The van der Waals surface area contributed by atoms with Crippen LogP contribution in [0.15, 0.2) is 36.4 Å². The van der Waals surface area contributed by atoms with Crippen molar-refractivity contribution < 1.29 is 55.3 Å². The number of amides is 2. The van der Waals surface area contributed by atoms with Gasteiger partial charge in [-0.3, -0.25) is 4.79 Å². The second-order valence-electron chi connectivity index (χ2n) is 17.5. The number of rotatable bonds is 13. The summed E-state index contributed by atoms with van der Waals surface area (Å²) in [6, 6.07) is 8.00. The average molecular weight is 911 g/mol. The Morgan fingerprint density at radius 1 is 0.984 bits per heavy atom. The first-order valence-corrected chi connectivity index (χ1v) is 22.6. The van der Waals surface area contributed by atoms with Gasteiger partial charge in [0.15, 0.2) is 23.1 Å². The molecule has 2 N–H and O–H groups in total. The highest BCUT2D eigenvalue weighted by Crippen LogP contribution is 2.48. The van der Waals surface area contributed by atoms with Crippen LogP contribution >= 0.6 is 22.9 Å². The number of likely N-dealkylation sites (tertiary alicyclic amines) is 1. The lowest BCUT2D eigenvalue weighted by atomic mass is 9.89. The third-order valence-corrected chi connectivity index (χ3v) is 13.3. The van der Waals surface area contributed by atoms with Crippen LogP contribution in [0.1, 0.15) is 90.4 Å². The summed E-state index contributed by atoms with van der Waals surface area (Å²) in [7, 11) is -3.98. The number of nitrogens with one attached hydrogen (secondary N) is 2. The van der Waals surface area contributed by atoms with E-state index in [0.717, 1.165) is 17.4 Å². The number of thiophene rings is 1. The molecule has 2 aliphatic heterocycles. The molecule has 1 aromatic heterocycles. The third-order valence-electron chi connectivity index (χ3n) is 9.62. The fraction of sp³-hybridized carbons (Fsp3) is 0.524. The van der Waals surface area contributed by atoms with Gasteiger partial charge in [0, 0.05) is 36.8 Å². The van der Waals surface area contributed by atoms with E-state index in [2.05, 4.69) is 10.6 Å². The standard InChI is InChI=1S/C42H53ClF2N4O10S2/c1-10-56-31(50)22-57-34-32(43)35(60-36(34)38(52)58-40(2,3)4)27-12-11-13-29(33(27)45)46-26-16-17-49(42(8,9)19-26)61(54,55)23-24-14-15-28(44)30(18-24)47-37(51)25-20-48(21-25)39(53)59-41(5,6)7/h11-15,18,25-26,46H,10,16-17,19-23H2,1-9H3,(H,47,51)/t26-/m0/s1.